The lowest BCUT2D eigenvalue weighted by Gasteiger charge is -2.12. The molecule has 0 heterocycles. The summed E-state index contributed by atoms with van der Waals surface area (Å²) in [6.45, 7) is 1.85. The second-order valence-corrected chi connectivity index (χ2v) is 5.10. The summed E-state index contributed by atoms with van der Waals surface area (Å²) in [5.41, 5.74) is 1.74. The number of amides is 1. The second-order valence-electron chi connectivity index (χ2n) is 4.67. The van der Waals surface area contributed by atoms with Gasteiger partial charge in [-0.25, -0.2) is 4.39 Å². The minimum Gasteiger partial charge on any atom is -0.346 e. The largest absolute Gasteiger partial charge is 0.346 e. The molecule has 2 rings (SSSR count). The maximum atomic E-state index is 12.8. The molecule has 2 nitrogen and oxygen atoms in total. The monoisotopic (exact) mass is 303 g/mol. The Hall–Kier alpha value is -2.13. The van der Waals surface area contributed by atoms with E-state index >= 15 is 0 Å². The van der Waals surface area contributed by atoms with Gasteiger partial charge in [0.2, 0.25) is 5.91 Å². The van der Waals surface area contributed by atoms with E-state index in [4.69, 9.17) is 11.6 Å². The summed E-state index contributed by atoms with van der Waals surface area (Å²) >= 11 is 5.79. The Morgan fingerprint density at radius 3 is 2.38 bits per heavy atom. The van der Waals surface area contributed by atoms with E-state index in [1.807, 2.05) is 19.1 Å². The number of carbonyl (C=O) groups is 1. The van der Waals surface area contributed by atoms with Gasteiger partial charge in [-0.3, -0.25) is 4.79 Å². The third kappa shape index (κ3) is 4.72. The first-order valence-corrected chi connectivity index (χ1v) is 6.92. The summed E-state index contributed by atoms with van der Waals surface area (Å²) < 4.78 is 12.8. The van der Waals surface area contributed by atoms with Crippen LogP contribution >= 0.6 is 11.6 Å². The van der Waals surface area contributed by atoms with E-state index in [1.54, 1.807) is 30.3 Å². The maximum absolute atomic E-state index is 12.8. The van der Waals surface area contributed by atoms with Crippen LogP contribution in [0.3, 0.4) is 0 Å². The van der Waals surface area contributed by atoms with Crippen molar-refractivity contribution >= 4 is 23.6 Å². The van der Waals surface area contributed by atoms with Crippen LogP contribution in [0, 0.1) is 5.82 Å². The van der Waals surface area contributed by atoms with Gasteiger partial charge in [0, 0.05) is 11.1 Å². The topological polar surface area (TPSA) is 29.1 Å². The lowest BCUT2D eigenvalue weighted by atomic mass is 10.1. The molecule has 0 aliphatic rings. The summed E-state index contributed by atoms with van der Waals surface area (Å²) in [6.07, 6.45) is 3.17. The van der Waals surface area contributed by atoms with E-state index in [2.05, 4.69) is 5.32 Å². The van der Waals surface area contributed by atoms with Crippen molar-refractivity contribution in [3.8, 4) is 0 Å². The average Bonchev–Trinajstić information content (AvgIpc) is 2.47. The van der Waals surface area contributed by atoms with Gasteiger partial charge in [-0.1, -0.05) is 35.9 Å². The van der Waals surface area contributed by atoms with Crippen molar-refractivity contribution in [3.63, 3.8) is 0 Å². The van der Waals surface area contributed by atoms with Gasteiger partial charge in [0.15, 0.2) is 0 Å². The lowest BCUT2D eigenvalue weighted by Crippen LogP contribution is -2.24. The van der Waals surface area contributed by atoms with Gasteiger partial charge in [-0.15, -0.1) is 0 Å². The second kappa shape index (κ2) is 7.04. The first-order valence-electron chi connectivity index (χ1n) is 6.54. The van der Waals surface area contributed by atoms with Crippen molar-refractivity contribution in [1.82, 2.24) is 5.32 Å². The highest BCUT2D eigenvalue weighted by Gasteiger charge is 2.07. The Morgan fingerprint density at radius 2 is 1.76 bits per heavy atom. The molecule has 1 atom stereocenters. The molecule has 108 valence electrons. The van der Waals surface area contributed by atoms with Crippen molar-refractivity contribution in [2.45, 2.75) is 13.0 Å². The number of rotatable bonds is 4. The molecule has 1 N–H and O–H groups in total. The first kappa shape index (κ1) is 15.3. The van der Waals surface area contributed by atoms with Gasteiger partial charge < -0.3 is 5.32 Å². The highest BCUT2D eigenvalue weighted by molar-refractivity contribution is 6.30. The molecule has 0 radical (unpaired) electrons. The number of hydrogen-bond acceptors (Lipinski definition) is 1. The van der Waals surface area contributed by atoms with Crippen LogP contribution in [-0.4, -0.2) is 5.91 Å². The normalized spacial score (nSPS) is 12.3. The summed E-state index contributed by atoms with van der Waals surface area (Å²) in [4.78, 5) is 11.8. The zero-order valence-corrected chi connectivity index (χ0v) is 12.3. The van der Waals surface area contributed by atoms with Crippen molar-refractivity contribution in [2.75, 3.05) is 0 Å². The smallest absolute Gasteiger partial charge is 0.244 e. The highest BCUT2D eigenvalue weighted by atomic mass is 35.5. The Bertz CT molecular complexity index is 635. The molecule has 4 heteroatoms. The van der Waals surface area contributed by atoms with Crippen molar-refractivity contribution in [3.05, 3.63) is 76.6 Å². The van der Waals surface area contributed by atoms with Gasteiger partial charge in [0.1, 0.15) is 5.82 Å². The van der Waals surface area contributed by atoms with E-state index < -0.39 is 0 Å². The fourth-order valence-corrected chi connectivity index (χ4v) is 1.97. The first-order chi connectivity index (χ1) is 10.0. The molecule has 0 unspecified atom stereocenters. The molecule has 0 bridgehead atoms. The molecule has 0 aliphatic heterocycles. The quantitative estimate of drug-likeness (QED) is 0.835. The summed E-state index contributed by atoms with van der Waals surface area (Å²) in [7, 11) is 0. The Labute approximate surface area is 128 Å². The molecular formula is C17H15ClFNO. The van der Waals surface area contributed by atoms with Gasteiger partial charge >= 0.3 is 0 Å². The predicted molar refractivity (Wildman–Crippen MR) is 83.4 cm³/mol. The highest BCUT2D eigenvalue weighted by Crippen LogP contribution is 2.13. The number of carbonyl (C=O) groups excluding carboxylic acids is 1. The van der Waals surface area contributed by atoms with E-state index in [0.29, 0.717) is 5.02 Å². The average molecular weight is 304 g/mol. The molecule has 2 aromatic rings. The Balaban J connectivity index is 1.94. The van der Waals surface area contributed by atoms with E-state index in [-0.39, 0.29) is 17.8 Å². The number of halogens is 2. The number of benzene rings is 2. The number of nitrogens with one attached hydrogen (secondary N) is 1. The Morgan fingerprint density at radius 1 is 1.14 bits per heavy atom. The van der Waals surface area contributed by atoms with Crippen LogP contribution in [0.4, 0.5) is 4.39 Å². The van der Waals surface area contributed by atoms with Crippen LogP contribution in [0.5, 0.6) is 0 Å². The number of hydrogen-bond donors (Lipinski definition) is 1. The summed E-state index contributed by atoms with van der Waals surface area (Å²) in [5.74, 6) is -0.498. The van der Waals surface area contributed by atoms with Crippen LogP contribution in [0.1, 0.15) is 24.1 Å². The third-order valence-corrected chi connectivity index (χ3v) is 3.28. The van der Waals surface area contributed by atoms with Crippen molar-refractivity contribution in [2.24, 2.45) is 0 Å². The van der Waals surface area contributed by atoms with Gasteiger partial charge in [-0.05, 0) is 48.4 Å². The van der Waals surface area contributed by atoms with Gasteiger partial charge in [0.25, 0.3) is 0 Å². The minimum atomic E-state index is -0.292. The molecule has 0 aromatic heterocycles. The fourth-order valence-electron chi connectivity index (χ4n) is 1.84. The molecule has 0 spiro atoms. The lowest BCUT2D eigenvalue weighted by molar-refractivity contribution is -0.117. The minimum absolute atomic E-state index is 0.187. The SMILES string of the molecule is C[C@@H](NC(=O)/C=C/c1ccc(Cl)cc1)c1ccc(F)cc1. The third-order valence-electron chi connectivity index (χ3n) is 3.03. The van der Waals surface area contributed by atoms with E-state index in [9.17, 15) is 9.18 Å². The molecule has 1 amide bonds. The van der Waals surface area contributed by atoms with E-state index in [1.165, 1.54) is 18.2 Å². The predicted octanol–water partition coefficient (Wildman–Crippen LogP) is 4.37. The molecule has 0 aliphatic carbocycles. The summed E-state index contributed by atoms with van der Waals surface area (Å²) in [5, 5.41) is 3.48. The van der Waals surface area contributed by atoms with Gasteiger partial charge in [-0.2, -0.15) is 0 Å². The molecule has 0 fully saturated rings. The molecule has 0 saturated carbocycles. The molecule has 21 heavy (non-hydrogen) atoms. The van der Waals surface area contributed by atoms with E-state index in [0.717, 1.165) is 11.1 Å². The van der Waals surface area contributed by atoms with Crippen LogP contribution in [0.2, 0.25) is 5.02 Å². The van der Waals surface area contributed by atoms with Gasteiger partial charge in [0.05, 0.1) is 6.04 Å². The van der Waals surface area contributed by atoms with Crippen LogP contribution < -0.4 is 5.32 Å². The fraction of sp³-hybridized carbons (Fsp3) is 0.118. The standard InChI is InChI=1S/C17H15ClFNO/c1-12(14-5-9-16(19)10-6-14)20-17(21)11-4-13-2-7-15(18)8-3-13/h2-12H,1H3,(H,20,21)/b11-4+/t12-/m1/s1. The van der Waals surface area contributed by atoms with Crippen molar-refractivity contribution < 1.29 is 9.18 Å². The summed E-state index contributed by atoms with van der Waals surface area (Å²) in [6, 6.07) is 13.1. The van der Waals surface area contributed by atoms with Crippen molar-refractivity contribution in [1.29, 1.82) is 0 Å². The zero-order valence-electron chi connectivity index (χ0n) is 11.5. The molecule has 2 aromatic carbocycles. The molecular weight excluding hydrogens is 289 g/mol. The van der Waals surface area contributed by atoms with Crippen LogP contribution in [0.25, 0.3) is 6.08 Å². The van der Waals surface area contributed by atoms with Crippen LogP contribution in [0.15, 0.2) is 54.6 Å². The Kier molecular flexibility index (Phi) is 5.12. The van der Waals surface area contributed by atoms with Crippen LogP contribution in [-0.2, 0) is 4.79 Å². The zero-order chi connectivity index (χ0) is 15.2. The maximum Gasteiger partial charge on any atom is 0.244 e. The molecule has 0 saturated heterocycles.